The Bertz CT molecular complexity index is 3350. The molecule has 0 bridgehead atoms. The summed E-state index contributed by atoms with van der Waals surface area (Å²) in [7, 11) is 0. The molecule has 0 saturated carbocycles. The number of anilines is 6. The fourth-order valence-electron chi connectivity index (χ4n) is 16.2. The first-order valence-corrected chi connectivity index (χ1v) is 26.9. The molecule has 3 aliphatic heterocycles. The summed E-state index contributed by atoms with van der Waals surface area (Å²) in [5.74, 6) is 0.318. The van der Waals surface area contributed by atoms with Crippen LogP contribution in [0, 0.1) is 13.8 Å². The van der Waals surface area contributed by atoms with Gasteiger partial charge in [0.1, 0.15) is 0 Å². The van der Waals surface area contributed by atoms with E-state index < -0.39 is 0 Å². The van der Waals surface area contributed by atoms with Crippen molar-refractivity contribution in [3.05, 3.63) is 171 Å². The van der Waals surface area contributed by atoms with Crippen molar-refractivity contribution < 1.29 is 0 Å². The molecule has 6 aromatic rings. The molecule has 0 N–H and O–H groups in total. The van der Waals surface area contributed by atoms with Crippen LogP contribution in [0.15, 0.2) is 120 Å². The highest BCUT2D eigenvalue weighted by Crippen LogP contribution is 2.58. The van der Waals surface area contributed by atoms with Gasteiger partial charge in [0, 0.05) is 50.2 Å². The van der Waals surface area contributed by atoms with Crippen molar-refractivity contribution in [2.75, 3.05) is 9.80 Å². The molecule has 0 saturated heterocycles. The molecule has 6 aromatic carbocycles. The number of hydrogen-bond donors (Lipinski definition) is 0. The van der Waals surface area contributed by atoms with Crippen LogP contribution in [0.2, 0.25) is 0 Å². The van der Waals surface area contributed by atoms with Gasteiger partial charge in [0.05, 0.1) is 0 Å². The van der Waals surface area contributed by atoms with E-state index in [0.717, 1.165) is 19.3 Å². The van der Waals surface area contributed by atoms with Crippen LogP contribution in [0.4, 0.5) is 34.1 Å². The Kier molecular flexibility index (Phi) is 8.77. The zero-order valence-corrected chi connectivity index (χ0v) is 44.4. The van der Waals surface area contributed by atoms with Gasteiger partial charge in [-0.2, -0.15) is 0 Å². The number of hydrogen-bond acceptors (Lipinski definition) is 3. The number of allylic oxidation sites excluding steroid dienone is 3. The molecule has 0 spiro atoms. The average molecular weight is 921 g/mol. The van der Waals surface area contributed by atoms with Gasteiger partial charge in [-0.25, -0.2) is 0 Å². The number of benzene rings is 6. The van der Waals surface area contributed by atoms with Crippen molar-refractivity contribution in [1.82, 2.24) is 0 Å². The molecule has 2 unspecified atom stereocenters. The second-order valence-electron chi connectivity index (χ2n) is 26.4. The lowest BCUT2D eigenvalue weighted by atomic mass is 9.33. The summed E-state index contributed by atoms with van der Waals surface area (Å²) in [5, 5.41) is 0.395. The molecular weight excluding hydrogens is 852 g/mol. The minimum atomic E-state index is 0.0357. The number of nitrogens with zero attached hydrogens (tertiary/aromatic N) is 2. The number of fused-ring (bicyclic) bond motifs is 10. The van der Waals surface area contributed by atoms with Crippen LogP contribution in [0.25, 0.3) is 5.57 Å². The summed E-state index contributed by atoms with van der Waals surface area (Å²) in [4.78, 5) is 6.83. The Labute approximate surface area is 417 Å². The normalized spacial score (nSPS) is 23.3. The van der Waals surface area contributed by atoms with Crippen LogP contribution < -0.4 is 26.2 Å². The van der Waals surface area contributed by atoms with Crippen LogP contribution in [-0.4, -0.2) is 12.0 Å². The van der Waals surface area contributed by atoms with E-state index in [1.165, 1.54) is 117 Å². The monoisotopic (exact) mass is 921 g/mol. The highest BCUT2D eigenvalue weighted by Gasteiger charge is 2.50. The Morgan fingerprint density at radius 3 is 1.75 bits per heavy atom. The van der Waals surface area contributed by atoms with Gasteiger partial charge in [-0.05, 0) is 192 Å². The van der Waals surface area contributed by atoms with E-state index in [-0.39, 0.29) is 39.2 Å². The Hall–Kier alpha value is -5.19. The summed E-state index contributed by atoms with van der Waals surface area (Å²) in [6, 6.07) is 39.9. The Morgan fingerprint density at radius 1 is 0.507 bits per heavy atom. The van der Waals surface area contributed by atoms with Crippen molar-refractivity contribution >= 4 is 74.6 Å². The van der Waals surface area contributed by atoms with Gasteiger partial charge in [0.15, 0.2) is 0 Å². The molecule has 3 heterocycles. The summed E-state index contributed by atoms with van der Waals surface area (Å²) < 4.78 is 0. The topological polar surface area (TPSA) is 6.48 Å². The largest absolute Gasteiger partial charge is 0.311 e. The zero-order chi connectivity index (χ0) is 48.3. The standard InChI is InChI=1S/C65H69BN2S/c1-37-26-54-59-55(27-37)68(52-32-47-44(28-38(52)2)61(5,6)35-64(47,11)12)51-25-22-39(41-19-17-21-57-58(41)42-18-15-16-20-56(42)69-57)29-49(51)66(59)50-31-46-48(65(13,14)36-63(46,9)10)33-53(50)67(54)40-23-24-43-45(30-40)62(7,8)34-60(43,3)4/h15-33,57-58H,34-36H2,1-14H3. The molecule has 0 amide bonds. The number of aryl methyl sites for hydroxylation is 2. The molecule has 0 radical (unpaired) electrons. The van der Waals surface area contributed by atoms with Crippen LogP contribution in [0.3, 0.4) is 0 Å². The Morgan fingerprint density at radius 2 is 1.07 bits per heavy atom. The SMILES string of the molecule is Cc1cc2c3c(c1)N(c1cc4c(cc1C)C(C)(C)CC4(C)C)c1ccc(C4=CC=CC5Sc6ccccc6C45)cc1B3c1cc3c(cc1N2c1ccc2c(c1)C(C)(C)CC2(C)C)C(C)(C)CC3(C)C. The van der Waals surface area contributed by atoms with Crippen LogP contribution in [-0.2, 0) is 32.5 Å². The van der Waals surface area contributed by atoms with Gasteiger partial charge in [0.2, 0.25) is 0 Å². The van der Waals surface area contributed by atoms with Gasteiger partial charge in [-0.3, -0.25) is 0 Å². The number of thioether (sulfide) groups is 1. The molecule has 69 heavy (non-hydrogen) atoms. The molecule has 7 aliphatic rings. The maximum Gasteiger partial charge on any atom is 0.252 e. The van der Waals surface area contributed by atoms with Crippen molar-refractivity contribution in [2.24, 2.45) is 0 Å². The van der Waals surface area contributed by atoms with E-state index in [4.69, 9.17) is 0 Å². The van der Waals surface area contributed by atoms with Gasteiger partial charge >= 0.3 is 0 Å². The van der Waals surface area contributed by atoms with E-state index >= 15 is 0 Å². The van der Waals surface area contributed by atoms with Crippen LogP contribution in [0.5, 0.6) is 0 Å². The van der Waals surface area contributed by atoms with E-state index in [1.807, 2.05) is 11.8 Å². The molecule has 4 heteroatoms. The molecule has 0 fully saturated rings. The third-order valence-corrected chi connectivity index (χ3v) is 19.6. The molecule has 348 valence electrons. The van der Waals surface area contributed by atoms with Gasteiger partial charge in [0.25, 0.3) is 6.71 Å². The van der Waals surface area contributed by atoms with Gasteiger partial charge in [-0.15, -0.1) is 11.8 Å². The first kappa shape index (κ1) is 43.8. The van der Waals surface area contributed by atoms with E-state index in [0.29, 0.717) is 11.2 Å². The Balaban J connectivity index is 1.12. The molecular formula is C65H69BN2S. The first-order chi connectivity index (χ1) is 32.5. The molecule has 4 aliphatic carbocycles. The minimum Gasteiger partial charge on any atom is -0.311 e. The second kappa shape index (κ2) is 13.8. The van der Waals surface area contributed by atoms with Crippen molar-refractivity contribution in [1.29, 1.82) is 0 Å². The van der Waals surface area contributed by atoms with E-state index in [9.17, 15) is 0 Å². The second-order valence-corrected chi connectivity index (χ2v) is 27.6. The summed E-state index contributed by atoms with van der Waals surface area (Å²) >= 11 is 2.03. The average Bonchev–Trinajstić information content (AvgIpc) is 3.86. The van der Waals surface area contributed by atoms with Crippen molar-refractivity contribution in [3.63, 3.8) is 0 Å². The first-order valence-electron chi connectivity index (χ1n) is 26.0. The zero-order valence-electron chi connectivity index (χ0n) is 43.6. The van der Waals surface area contributed by atoms with Crippen molar-refractivity contribution in [2.45, 2.75) is 165 Å². The summed E-state index contributed by atoms with van der Waals surface area (Å²) in [6.07, 6.45) is 10.6. The molecule has 0 aromatic heterocycles. The maximum absolute atomic E-state index is 2.71. The summed E-state index contributed by atoms with van der Waals surface area (Å²) in [5.41, 5.74) is 28.5. The maximum atomic E-state index is 2.71. The van der Waals surface area contributed by atoms with Crippen LogP contribution in [0.1, 0.15) is 164 Å². The number of rotatable bonds is 3. The highest BCUT2D eigenvalue weighted by molar-refractivity contribution is 8.00. The fourth-order valence-corrected chi connectivity index (χ4v) is 17.5. The lowest BCUT2D eigenvalue weighted by molar-refractivity contribution is 0.402. The predicted molar refractivity (Wildman–Crippen MR) is 298 cm³/mol. The lowest BCUT2D eigenvalue weighted by Crippen LogP contribution is -2.61. The van der Waals surface area contributed by atoms with Gasteiger partial charge in [-0.1, -0.05) is 150 Å². The predicted octanol–water partition coefficient (Wildman–Crippen LogP) is 15.5. The van der Waals surface area contributed by atoms with E-state index in [2.05, 4.69) is 222 Å². The van der Waals surface area contributed by atoms with Crippen LogP contribution >= 0.6 is 11.8 Å². The third kappa shape index (κ3) is 6.06. The summed E-state index contributed by atoms with van der Waals surface area (Å²) in [6.45, 7) is 34.3. The smallest absolute Gasteiger partial charge is 0.252 e. The lowest BCUT2D eigenvalue weighted by Gasteiger charge is -2.45. The van der Waals surface area contributed by atoms with E-state index in [1.54, 1.807) is 0 Å². The third-order valence-electron chi connectivity index (χ3n) is 18.3. The van der Waals surface area contributed by atoms with Crippen molar-refractivity contribution in [3.8, 4) is 0 Å². The fraction of sp³-hybridized carbons (Fsp3) is 0.385. The van der Waals surface area contributed by atoms with Gasteiger partial charge < -0.3 is 9.80 Å². The highest BCUT2D eigenvalue weighted by atomic mass is 32.2. The molecule has 2 atom stereocenters. The molecule has 2 nitrogen and oxygen atoms in total. The molecule has 13 rings (SSSR count). The quantitative estimate of drug-likeness (QED) is 0.163. The minimum absolute atomic E-state index is 0.0357.